The van der Waals surface area contributed by atoms with E-state index in [2.05, 4.69) is 5.32 Å². The summed E-state index contributed by atoms with van der Waals surface area (Å²) >= 11 is 0. The number of anilines is 1. The second-order valence-electron chi connectivity index (χ2n) is 7.16. The van der Waals surface area contributed by atoms with E-state index in [1.807, 2.05) is 6.07 Å². The first kappa shape index (κ1) is 22.8. The maximum Gasteiger partial charge on any atom is 0.344 e. The summed E-state index contributed by atoms with van der Waals surface area (Å²) in [4.78, 5) is 24.0. The zero-order valence-electron chi connectivity index (χ0n) is 17.2. The molecule has 1 aliphatic heterocycles. The van der Waals surface area contributed by atoms with Gasteiger partial charge in [0.25, 0.3) is 5.91 Å². The number of ether oxygens (including phenoxy) is 2. The predicted octanol–water partition coefficient (Wildman–Crippen LogP) is 2.81. The lowest BCUT2D eigenvalue weighted by Gasteiger charge is -2.20. The Hall–Kier alpha value is -2.91. The highest BCUT2D eigenvalue weighted by Gasteiger charge is 2.25. The van der Waals surface area contributed by atoms with Crippen LogP contribution in [0.4, 0.5) is 5.69 Å². The van der Waals surface area contributed by atoms with Gasteiger partial charge < -0.3 is 14.8 Å². The molecule has 0 radical (unpaired) electrons. The summed E-state index contributed by atoms with van der Waals surface area (Å²) < 4.78 is 37.5. The summed E-state index contributed by atoms with van der Waals surface area (Å²) in [7, 11) is -3.62. The second kappa shape index (κ2) is 10.9. The average Bonchev–Trinajstić information content (AvgIpc) is 3.07. The van der Waals surface area contributed by atoms with Crippen molar-refractivity contribution in [1.29, 1.82) is 0 Å². The molecule has 1 amide bonds. The first-order valence-corrected chi connectivity index (χ1v) is 11.6. The van der Waals surface area contributed by atoms with E-state index >= 15 is 0 Å². The molecule has 0 aromatic heterocycles. The van der Waals surface area contributed by atoms with Crippen molar-refractivity contribution < 1.29 is 27.5 Å². The molecule has 3 rings (SSSR count). The van der Waals surface area contributed by atoms with E-state index < -0.39 is 28.5 Å². The first-order chi connectivity index (χ1) is 14.9. The van der Waals surface area contributed by atoms with Gasteiger partial charge in [0.05, 0.1) is 4.90 Å². The number of nitrogens with one attached hydrogen (secondary N) is 1. The SMILES string of the molecule is O=C(COC(=O)COc1ccccc1)Nc1cccc(S(=O)(=O)N2CCCCCC2)c1. The number of hydrogen-bond acceptors (Lipinski definition) is 6. The van der Waals surface area contributed by atoms with Gasteiger partial charge >= 0.3 is 5.97 Å². The number of benzene rings is 2. The Labute approximate surface area is 182 Å². The molecule has 8 nitrogen and oxygen atoms in total. The number of carbonyl (C=O) groups excluding carboxylic acids is 2. The fourth-order valence-electron chi connectivity index (χ4n) is 3.21. The molecular weight excluding hydrogens is 420 g/mol. The van der Waals surface area contributed by atoms with Crippen molar-refractivity contribution in [2.75, 3.05) is 31.6 Å². The van der Waals surface area contributed by atoms with Crippen molar-refractivity contribution in [3.8, 4) is 5.75 Å². The van der Waals surface area contributed by atoms with E-state index in [4.69, 9.17) is 9.47 Å². The number of rotatable bonds is 8. The number of sulfonamides is 1. The number of para-hydroxylation sites is 1. The van der Waals surface area contributed by atoms with Gasteiger partial charge in [-0.3, -0.25) is 4.79 Å². The van der Waals surface area contributed by atoms with Crippen molar-refractivity contribution >= 4 is 27.6 Å². The fraction of sp³-hybridized carbons (Fsp3) is 0.364. The van der Waals surface area contributed by atoms with E-state index in [0.717, 1.165) is 25.7 Å². The largest absolute Gasteiger partial charge is 0.482 e. The Morgan fingerprint density at radius 3 is 2.32 bits per heavy atom. The van der Waals surface area contributed by atoms with Crippen LogP contribution in [-0.4, -0.2) is 50.9 Å². The Morgan fingerprint density at radius 2 is 1.61 bits per heavy atom. The van der Waals surface area contributed by atoms with Crippen LogP contribution < -0.4 is 10.1 Å². The molecule has 0 atom stereocenters. The maximum absolute atomic E-state index is 12.9. The van der Waals surface area contributed by atoms with Crippen molar-refractivity contribution in [3.05, 3.63) is 54.6 Å². The van der Waals surface area contributed by atoms with Crippen molar-refractivity contribution in [2.45, 2.75) is 30.6 Å². The van der Waals surface area contributed by atoms with Crippen LogP contribution in [0.5, 0.6) is 5.75 Å². The molecule has 0 spiro atoms. The standard InChI is InChI=1S/C22H26N2O6S/c25-21(16-30-22(26)17-29-19-10-4-3-5-11-19)23-18-9-8-12-20(15-18)31(27,28)24-13-6-1-2-7-14-24/h3-5,8-12,15H,1-2,6-7,13-14,16-17H2,(H,23,25). The third kappa shape index (κ3) is 6.80. The fourth-order valence-corrected chi connectivity index (χ4v) is 4.77. The van der Waals surface area contributed by atoms with Crippen LogP contribution in [0, 0.1) is 0 Å². The second-order valence-corrected chi connectivity index (χ2v) is 9.09. The van der Waals surface area contributed by atoms with E-state index in [0.29, 0.717) is 24.5 Å². The van der Waals surface area contributed by atoms with Crippen molar-refractivity contribution in [3.63, 3.8) is 0 Å². The van der Waals surface area contributed by atoms with E-state index in [1.165, 1.54) is 16.4 Å². The van der Waals surface area contributed by atoms with Crippen LogP contribution in [0.1, 0.15) is 25.7 Å². The number of nitrogens with zero attached hydrogens (tertiary/aromatic N) is 1. The van der Waals surface area contributed by atoms with E-state index in [9.17, 15) is 18.0 Å². The minimum absolute atomic E-state index is 0.125. The number of esters is 1. The topological polar surface area (TPSA) is 102 Å². The third-order valence-corrected chi connectivity index (χ3v) is 6.68. The van der Waals surface area contributed by atoms with Crippen LogP contribution in [0.25, 0.3) is 0 Å². The molecular formula is C22H26N2O6S. The number of hydrogen-bond donors (Lipinski definition) is 1. The minimum atomic E-state index is -3.62. The highest BCUT2D eigenvalue weighted by molar-refractivity contribution is 7.89. The Morgan fingerprint density at radius 1 is 0.903 bits per heavy atom. The zero-order chi connectivity index (χ0) is 22.1. The Kier molecular flexibility index (Phi) is 8.02. The maximum atomic E-state index is 12.9. The highest BCUT2D eigenvalue weighted by atomic mass is 32.2. The van der Waals surface area contributed by atoms with Gasteiger partial charge in [0.15, 0.2) is 13.2 Å². The number of amides is 1. The quantitative estimate of drug-likeness (QED) is 0.626. The highest BCUT2D eigenvalue weighted by Crippen LogP contribution is 2.22. The molecule has 1 aliphatic rings. The Bertz CT molecular complexity index is 986. The normalized spacial score (nSPS) is 15.0. The third-order valence-electron chi connectivity index (χ3n) is 4.78. The molecule has 1 N–H and O–H groups in total. The van der Waals surface area contributed by atoms with Gasteiger partial charge in [0, 0.05) is 18.8 Å². The summed E-state index contributed by atoms with van der Waals surface area (Å²) in [5.74, 6) is -0.736. The molecule has 2 aromatic rings. The minimum Gasteiger partial charge on any atom is -0.482 e. The lowest BCUT2D eigenvalue weighted by atomic mass is 10.2. The molecule has 31 heavy (non-hydrogen) atoms. The van der Waals surface area contributed by atoms with Gasteiger partial charge in [0.1, 0.15) is 5.75 Å². The zero-order valence-corrected chi connectivity index (χ0v) is 18.0. The summed E-state index contributed by atoms with van der Waals surface area (Å²) in [5.41, 5.74) is 0.317. The lowest BCUT2D eigenvalue weighted by molar-refractivity contribution is -0.149. The van der Waals surface area contributed by atoms with Gasteiger partial charge in [-0.25, -0.2) is 13.2 Å². The van der Waals surface area contributed by atoms with Gasteiger partial charge in [-0.2, -0.15) is 4.31 Å². The number of carbonyl (C=O) groups is 2. The van der Waals surface area contributed by atoms with Gasteiger partial charge in [0.2, 0.25) is 10.0 Å². The van der Waals surface area contributed by atoms with Crippen molar-refractivity contribution in [2.24, 2.45) is 0 Å². The van der Waals surface area contributed by atoms with Crippen molar-refractivity contribution in [1.82, 2.24) is 4.31 Å². The molecule has 1 fully saturated rings. The van der Waals surface area contributed by atoms with Crippen LogP contribution >= 0.6 is 0 Å². The smallest absolute Gasteiger partial charge is 0.344 e. The monoisotopic (exact) mass is 446 g/mol. The lowest BCUT2D eigenvalue weighted by Crippen LogP contribution is -2.32. The molecule has 9 heteroatoms. The van der Waals surface area contributed by atoms with Crippen LogP contribution in [0.15, 0.2) is 59.5 Å². The van der Waals surface area contributed by atoms with Gasteiger partial charge in [-0.1, -0.05) is 37.1 Å². The Balaban J connectivity index is 1.51. The van der Waals surface area contributed by atoms with Crippen LogP contribution in [-0.2, 0) is 24.3 Å². The summed E-state index contributed by atoms with van der Waals surface area (Å²) in [6, 6.07) is 14.8. The molecule has 0 unspecified atom stereocenters. The molecule has 0 bridgehead atoms. The molecule has 166 valence electrons. The average molecular weight is 447 g/mol. The molecule has 2 aromatic carbocycles. The predicted molar refractivity (Wildman–Crippen MR) is 115 cm³/mol. The first-order valence-electron chi connectivity index (χ1n) is 10.2. The molecule has 1 saturated heterocycles. The molecule has 0 saturated carbocycles. The van der Waals surface area contributed by atoms with E-state index in [1.54, 1.807) is 36.4 Å². The molecule has 0 aliphatic carbocycles. The summed E-state index contributed by atoms with van der Waals surface area (Å²) in [6.45, 7) is 0.181. The van der Waals surface area contributed by atoms with E-state index in [-0.39, 0.29) is 11.5 Å². The van der Waals surface area contributed by atoms with Crippen LogP contribution in [0.2, 0.25) is 0 Å². The molecule has 1 heterocycles. The van der Waals surface area contributed by atoms with Gasteiger partial charge in [-0.15, -0.1) is 0 Å². The van der Waals surface area contributed by atoms with Crippen LogP contribution in [0.3, 0.4) is 0 Å². The van der Waals surface area contributed by atoms with Gasteiger partial charge in [-0.05, 0) is 43.2 Å². The summed E-state index contributed by atoms with van der Waals surface area (Å²) in [6.07, 6.45) is 3.73. The summed E-state index contributed by atoms with van der Waals surface area (Å²) in [5, 5.41) is 2.56.